The van der Waals surface area contributed by atoms with E-state index in [1.807, 2.05) is 0 Å². The van der Waals surface area contributed by atoms with Crippen molar-refractivity contribution in [1.29, 1.82) is 0 Å². The molecule has 8 aromatic rings. The number of hydrogen-bond donors (Lipinski definition) is 0. The van der Waals surface area contributed by atoms with Crippen molar-refractivity contribution in [1.82, 2.24) is 0 Å². The van der Waals surface area contributed by atoms with E-state index in [1.165, 1.54) is 99.1 Å². The van der Waals surface area contributed by atoms with Gasteiger partial charge < -0.3 is 0 Å². The topological polar surface area (TPSA) is 0 Å². The Morgan fingerprint density at radius 1 is 0.419 bits per heavy atom. The van der Waals surface area contributed by atoms with Crippen LogP contribution in [0.2, 0.25) is 0 Å². The van der Waals surface area contributed by atoms with Gasteiger partial charge in [-0.15, -0.1) is 0 Å². The van der Waals surface area contributed by atoms with Gasteiger partial charge in [0.05, 0.1) is 0 Å². The van der Waals surface area contributed by atoms with E-state index in [0.717, 1.165) is 6.42 Å². The van der Waals surface area contributed by atoms with Gasteiger partial charge in [-0.05, 0) is 114 Å². The molecule has 202 valence electrons. The summed E-state index contributed by atoms with van der Waals surface area (Å²) in [6.45, 7) is 4.42. The third-order valence-electron chi connectivity index (χ3n) is 9.71. The summed E-state index contributed by atoms with van der Waals surface area (Å²) in [4.78, 5) is 0. The van der Waals surface area contributed by atoms with Crippen LogP contribution in [0.5, 0.6) is 0 Å². The molecule has 0 N–H and O–H groups in total. The highest BCUT2D eigenvalue weighted by molar-refractivity contribution is 6.27. The highest BCUT2D eigenvalue weighted by Gasteiger charge is 2.22. The van der Waals surface area contributed by atoms with Gasteiger partial charge in [0.1, 0.15) is 0 Å². The van der Waals surface area contributed by atoms with Crippen LogP contribution < -0.4 is 0 Å². The minimum atomic E-state index is 1.00. The van der Waals surface area contributed by atoms with Crippen molar-refractivity contribution >= 4 is 32.3 Å². The molecular formula is C43H30. The van der Waals surface area contributed by atoms with Crippen molar-refractivity contribution in [2.45, 2.75) is 20.3 Å². The molecular weight excluding hydrogens is 516 g/mol. The van der Waals surface area contributed by atoms with Crippen LogP contribution in [-0.2, 0) is 6.42 Å². The van der Waals surface area contributed by atoms with Gasteiger partial charge in [-0.1, -0.05) is 139 Å². The van der Waals surface area contributed by atoms with E-state index < -0.39 is 0 Å². The number of benzene rings is 8. The molecule has 0 bridgehead atoms. The molecule has 1 aliphatic rings. The molecule has 0 amide bonds. The summed E-state index contributed by atoms with van der Waals surface area (Å²) in [6, 6.07) is 50.1. The lowest BCUT2D eigenvalue weighted by atomic mass is 9.86. The third-order valence-corrected chi connectivity index (χ3v) is 9.71. The standard InChI is InChI=1S/C43H30/c1-26-10-12-28(13-11-26)35-20-14-29-17-23-40-36(21-15-30-16-22-39(35)42(29)43(30)40)32-18-19-33(27(2)24-32)37-8-5-9-38-34-7-4-3-6-31(34)25-41(37)38/h3-24H,25H2,1-2H3. The van der Waals surface area contributed by atoms with Crippen LogP contribution in [0.3, 0.4) is 0 Å². The zero-order valence-electron chi connectivity index (χ0n) is 24.4. The van der Waals surface area contributed by atoms with Gasteiger partial charge in [-0.25, -0.2) is 0 Å². The SMILES string of the molecule is Cc1ccc(-c2ccc3ccc4c(-c5ccc(-c6cccc7c6Cc6ccccc6-7)c(C)c5)ccc5ccc2c3c54)cc1. The average Bonchev–Trinajstić information content (AvgIpc) is 3.43. The Morgan fingerprint density at radius 2 is 0.977 bits per heavy atom. The number of hydrogen-bond acceptors (Lipinski definition) is 0. The zero-order valence-corrected chi connectivity index (χ0v) is 24.4. The van der Waals surface area contributed by atoms with Crippen LogP contribution in [0.25, 0.3) is 76.8 Å². The van der Waals surface area contributed by atoms with Gasteiger partial charge in [-0.2, -0.15) is 0 Å². The van der Waals surface area contributed by atoms with E-state index in [0.29, 0.717) is 0 Å². The molecule has 0 fully saturated rings. The van der Waals surface area contributed by atoms with Crippen LogP contribution in [-0.4, -0.2) is 0 Å². The van der Waals surface area contributed by atoms with Gasteiger partial charge in [0.15, 0.2) is 0 Å². The molecule has 0 atom stereocenters. The second-order valence-corrected chi connectivity index (χ2v) is 12.2. The van der Waals surface area contributed by atoms with E-state index in [1.54, 1.807) is 0 Å². The first-order valence-corrected chi connectivity index (χ1v) is 15.2. The predicted molar refractivity (Wildman–Crippen MR) is 184 cm³/mol. The van der Waals surface area contributed by atoms with E-state index in [-0.39, 0.29) is 0 Å². The summed E-state index contributed by atoms with van der Waals surface area (Å²) in [6.07, 6.45) is 1.00. The molecule has 0 unspecified atom stereocenters. The maximum atomic E-state index is 2.39. The number of aryl methyl sites for hydroxylation is 2. The first-order chi connectivity index (χ1) is 21.1. The summed E-state index contributed by atoms with van der Waals surface area (Å²) in [7, 11) is 0. The third kappa shape index (κ3) is 3.63. The smallest absolute Gasteiger partial charge is 0.000728 e. The molecule has 0 heteroatoms. The van der Waals surface area contributed by atoms with Gasteiger partial charge in [0.2, 0.25) is 0 Å². The van der Waals surface area contributed by atoms with Crippen molar-refractivity contribution in [2.24, 2.45) is 0 Å². The number of fused-ring (bicyclic) bond motifs is 3. The lowest BCUT2D eigenvalue weighted by Crippen LogP contribution is -1.92. The second kappa shape index (κ2) is 9.15. The molecule has 8 aromatic carbocycles. The Bertz CT molecular complexity index is 2370. The van der Waals surface area contributed by atoms with Gasteiger partial charge in [0, 0.05) is 0 Å². The molecule has 0 aliphatic heterocycles. The summed E-state index contributed by atoms with van der Waals surface area (Å²) in [5.41, 5.74) is 16.1. The first kappa shape index (κ1) is 24.4. The van der Waals surface area contributed by atoms with E-state index in [9.17, 15) is 0 Å². The van der Waals surface area contributed by atoms with E-state index in [4.69, 9.17) is 0 Å². The second-order valence-electron chi connectivity index (χ2n) is 12.2. The fourth-order valence-electron chi connectivity index (χ4n) is 7.58. The van der Waals surface area contributed by atoms with Crippen LogP contribution in [0.15, 0.2) is 133 Å². The highest BCUT2D eigenvalue weighted by Crippen LogP contribution is 2.45. The molecule has 0 saturated heterocycles. The zero-order chi connectivity index (χ0) is 28.7. The van der Waals surface area contributed by atoms with Crippen molar-refractivity contribution in [3.8, 4) is 44.5 Å². The quantitative estimate of drug-likeness (QED) is 0.193. The largest absolute Gasteiger partial charge is 0.0619 e. The molecule has 0 radical (unpaired) electrons. The molecule has 0 spiro atoms. The minimum Gasteiger partial charge on any atom is -0.0619 e. The predicted octanol–water partition coefficient (Wildman–Crippen LogP) is 11.8. The average molecular weight is 547 g/mol. The summed E-state index contributed by atoms with van der Waals surface area (Å²) in [5, 5.41) is 7.96. The maximum Gasteiger partial charge on any atom is -0.000728 e. The van der Waals surface area contributed by atoms with E-state index >= 15 is 0 Å². The molecule has 0 aromatic heterocycles. The Kier molecular flexibility index (Phi) is 5.19. The monoisotopic (exact) mass is 546 g/mol. The molecule has 0 heterocycles. The van der Waals surface area contributed by atoms with Gasteiger partial charge in [0.25, 0.3) is 0 Å². The van der Waals surface area contributed by atoms with Gasteiger partial charge >= 0.3 is 0 Å². The van der Waals surface area contributed by atoms with Crippen molar-refractivity contribution < 1.29 is 0 Å². The summed E-state index contributed by atoms with van der Waals surface area (Å²) in [5.74, 6) is 0. The summed E-state index contributed by atoms with van der Waals surface area (Å²) >= 11 is 0. The molecule has 1 aliphatic carbocycles. The number of rotatable bonds is 3. The lowest BCUT2D eigenvalue weighted by molar-refractivity contribution is 1.26. The van der Waals surface area contributed by atoms with Crippen molar-refractivity contribution in [3.63, 3.8) is 0 Å². The minimum absolute atomic E-state index is 1.00. The molecule has 0 saturated carbocycles. The molecule has 0 nitrogen and oxygen atoms in total. The van der Waals surface area contributed by atoms with Crippen LogP contribution in [0, 0.1) is 13.8 Å². The fourth-order valence-corrected chi connectivity index (χ4v) is 7.58. The fraction of sp³-hybridized carbons (Fsp3) is 0.0698. The van der Waals surface area contributed by atoms with Crippen LogP contribution in [0.1, 0.15) is 22.3 Å². The summed E-state index contributed by atoms with van der Waals surface area (Å²) < 4.78 is 0. The Hall–Kier alpha value is -5.20. The Balaban J connectivity index is 1.20. The van der Waals surface area contributed by atoms with Crippen LogP contribution in [0.4, 0.5) is 0 Å². The van der Waals surface area contributed by atoms with Crippen molar-refractivity contribution in [2.75, 3.05) is 0 Å². The normalized spacial score (nSPS) is 12.3. The molecule has 43 heavy (non-hydrogen) atoms. The van der Waals surface area contributed by atoms with E-state index in [2.05, 4.69) is 147 Å². The first-order valence-electron chi connectivity index (χ1n) is 15.2. The van der Waals surface area contributed by atoms with Crippen molar-refractivity contribution in [3.05, 3.63) is 156 Å². The highest BCUT2D eigenvalue weighted by atomic mass is 14.3. The van der Waals surface area contributed by atoms with Gasteiger partial charge in [-0.3, -0.25) is 0 Å². The van der Waals surface area contributed by atoms with Crippen LogP contribution >= 0.6 is 0 Å². The molecule has 9 rings (SSSR count). The Labute approximate surface area is 252 Å². The maximum absolute atomic E-state index is 2.39. The Morgan fingerprint density at radius 3 is 1.67 bits per heavy atom. The lowest BCUT2D eigenvalue weighted by Gasteiger charge is -2.17.